The highest BCUT2D eigenvalue weighted by molar-refractivity contribution is 7.89. The molecule has 0 aliphatic carbocycles. The molecular weight excluding hydrogens is 472 g/mol. The quantitative estimate of drug-likeness (QED) is 0.443. The van der Waals surface area contributed by atoms with E-state index in [0.29, 0.717) is 17.7 Å². The molecule has 1 N–H and O–H groups in total. The standard InChI is InChI=1S/C22H21ClN2O7S/c23-18-8-7-14(12-19(18)33(29,30)24-13-15-4-3-10-31-15)22(28)32-11-9-25-20(26)16-5-1-2-6-17(16)21(25)27/h1-2,5-8,12,15,24H,3-4,9-11,13H2/t15-/m0/s1. The minimum atomic E-state index is -3.98. The average Bonchev–Trinajstić information content (AvgIpc) is 3.41. The van der Waals surface area contributed by atoms with Crippen LogP contribution in [0.3, 0.4) is 0 Å². The van der Waals surface area contributed by atoms with Gasteiger partial charge in [-0.05, 0) is 43.2 Å². The van der Waals surface area contributed by atoms with Crippen LogP contribution >= 0.6 is 11.6 Å². The van der Waals surface area contributed by atoms with Crippen molar-refractivity contribution < 1.29 is 32.3 Å². The van der Waals surface area contributed by atoms with Crippen molar-refractivity contribution in [3.05, 3.63) is 64.2 Å². The van der Waals surface area contributed by atoms with Crippen molar-refractivity contribution in [1.29, 1.82) is 0 Å². The molecule has 0 saturated carbocycles. The monoisotopic (exact) mass is 492 g/mol. The smallest absolute Gasteiger partial charge is 0.338 e. The molecule has 2 aliphatic rings. The molecule has 1 atom stereocenters. The van der Waals surface area contributed by atoms with E-state index in [2.05, 4.69) is 4.72 Å². The van der Waals surface area contributed by atoms with Gasteiger partial charge in [-0.1, -0.05) is 23.7 Å². The molecule has 11 heteroatoms. The maximum atomic E-state index is 12.7. The third-order valence-electron chi connectivity index (χ3n) is 5.41. The Morgan fingerprint density at radius 3 is 2.48 bits per heavy atom. The maximum Gasteiger partial charge on any atom is 0.338 e. The number of rotatable bonds is 8. The van der Waals surface area contributed by atoms with Crippen LogP contribution in [0.2, 0.25) is 5.02 Å². The Kier molecular flexibility index (Phi) is 6.80. The number of nitrogens with one attached hydrogen (secondary N) is 1. The molecular formula is C22H21ClN2O7S. The summed E-state index contributed by atoms with van der Waals surface area (Å²) in [6.07, 6.45) is 1.43. The summed E-state index contributed by atoms with van der Waals surface area (Å²) in [7, 11) is -3.98. The summed E-state index contributed by atoms with van der Waals surface area (Å²) < 4.78 is 38.4. The summed E-state index contributed by atoms with van der Waals surface area (Å²) in [4.78, 5) is 38.0. The van der Waals surface area contributed by atoms with Gasteiger partial charge < -0.3 is 9.47 Å². The Balaban J connectivity index is 1.38. The minimum Gasteiger partial charge on any atom is -0.460 e. The van der Waals surface area contributed by atoms with Crippen LogP contribution < -0.4 is 4.72 Å². The molecule has 2 amide bonds. The summed E-state index contributed by atoms with van der Waals surface area (Å²) in [5, 5.41) is -0.0441. The molecule has 33 heavy (non-hydrogen) atoms. The molecule has 174 valence electrons. The Morgan fingerprint density at radius 1 is 1.15 bits per heavy atom. The summed E-state index contributed by atoms with van der Waals surface area (Å²) >= 11 is 6.06. The number of imide groups is 1. The second-order valence-corrected chi connectivity index (χ2v) is 9.72. The van der Waals surface area contributed by atoms with E-state index < -0.39 is 27.8 Å². The average molecular weight is 493 g/mol. The molecule has 4 rings (SSSR count). The van der Waals surface area contributed by atoms with Crippen molar-refractivity contribution in [2.75, 3.05) is 26.3 Å². The number of carbonyl (C=O) groups is 3. The second kappa shape index (κ2) is 9.60. The van der Waals surface area contributed by atoms with Crippen molar-refractivity contribution >= 4 is 39.4 Å². The number of hydrogen-bond acceptors (Lipinski definition) is 7. The number of benzene rings is 2. The molecule has 1 saturated heterocycles. The summed E-state index contributed by atoms with van der Waals surface area (Å²) in [5.74, 6) is -1.72. The zero-order valence-corrected chi connectivity index (χ0v) is 19.0. The first-order chi connectivity index (χ1) is 15.8. The molecule has 0 radical (unpaired) electrons. The summed E-state index contributed by atoms with van der Waals surface area (Å²) in [5.41, 5.74) is 0.577. The molecule has 2 aromatic rings. The van der Waals surface area contributed by atoms with E-state index in [1.54, 1.807) is 24.3 Å². The number of carbonyl (C=O) groups excluding carboxylic acids is 3. The highest BCUT2D eigenvalue weighted by Crippen LogP contribution is 2.24. The molecule has 2 aliphatic heterocycles. The van der Waals surface area contributed by atoms with Crippen LogP contribution in [0, 0.1) is 0 Å². The number of sulfonamides is 1. The Labute approximate surface area is 195 Å². The lowest BCUT2D eigenvalue weighted by Crippen LogP contribution is -2.33. The van der Waals surface area contributed by atoms with Crippen molar-refractivity contribution in [3.8, 4) is 0 Å². The first-order valence-electron chi connectivity index (χ1n) is 10.3. The van der Waals surface area contributed by atoms with Gasteiger partial charge in [-0.3, -0.25) is 14.5 Å². The third-order valence-corrected chi connectivity index (χ3v) is 7.31. The zero-order valence-electron chi connectivity index (χ0n) is 17.5. The fourth-order valence-corrected chi connectivity index (χ4v) is 5.27. The molecule has 9 nitrogen and oxygen atoms in total. The van der Waals surface area contributed by atoms with Crippen molar-refractivity contribution in [2.45, 2.75) is 23.8 Å². The van der Waals surface area contributed by atoms with Gasteiger partial charge in [0.15, 0.2) is 0 Å². The molecule has 0 spiro atoms. The number of esters is 1. The van der Waals surface area contributed by atoms with Crippen LogP contribution in [0.5, 0.6) is 0 Å². The fraction of sp³-hybridized carbons (Fsp3) is 0.318. The first-order valence-corrected chi connectivity index (χ1v) is 12.2. The van der Waals surface area contributed by atoms with Crippen LogP contribution in [-0.4, -0.2) is 63.5 Å². The third kappa shape index (κ3) is 4.93. The Hall–Kier alpha value is -2.79. The number of halogens is 1. The molecule has 0 bridgehead atoms. The van der Waals surface area contributed by atoms with Crippen LogP contribution in [0.25, 0.3) is 0 Å². The first kappa shape index (κ1) is 23.4. The van der Waals surface area contributed by atoms with Crippen molar-refractivity contribution in [2.24, 2.45) is 0 Å². The number of ether oxygens (including phenoxy) is 2. The lowest BCUT2D eigenvalue weighted by Gasteiger charge is -2.15. The predicted molar refractivity (Wildman–Crippen MR) is 118 cm³/mol. The van der Waals surface area contributed by atoms with E-state index in [-0.39, 0.29) is 41.3 Å². The maximum absolute atomic E-state index is 12.7. The predicted octanol–water partition coefficient (Wildman–Crippen LogP) is 2.25. The van der Waals surface area contributed by atoms with Gasteiger partial charge in [0, 0.05) is 13.2 Å². The Bertz CT molecular complexity index is 1170. The van der Waals surface area contributed by atoms with Gasteiger partial charge in [-0.25, -0.2) is 17.9 Å². The lowest BCUT2D eigenvalue weighted by atomic mass is 10.1. The molecule has 2 heterocycles. The normalized spacial score (nSPS) is 18.0. The SMILES string of the molecule is O=C(OCCN1C(=O)c2ccccc2C1=O)c1ccc(Cl)c(S(=O)(=O)NC[C@@H]2CCCO2)c1. The van der Waals surface area contributed by atoms with E-state index in [9.17, 15) is 22.8 Å². The van der Waals surface area contributed by atoms with Crippen molar-refractivity contribution in [1.82, 2.24) is 9.62 Å². The highest BCUT2D eigenvalue weighted by Gasteiger charge is 2.35. The number of fused-ring (bicyclic) bond motifs is 1. The van der Waals surface area contributed by atoms with Crippen LogP contribution in [0.15, 0.2) is 47.4 Å². The number of amides is 2. The van der Waals surface area contributed by atoms with E-state index >= 15 is 0 Å². The molecule has 2 aromatic carbocycles. The molecule has 0 aromatic heterocycles. The van der Waals surface area contributed by atoms with Crippen LogP contribution in [0.1, 0.15) is 43.9 Å². The van der Waals surface area contributed by atoms with E-state index in [4.69, 9.17) is 21.1 Å². The number of hydrogen-bond donors (Lipinski definition) is 1. The summed E-state index contributed by atoms with van der Waals surface area (Å²) in [6, 6.07) is 10.2. The summed E-state index contributed by atoms with van der Waals surface area (Å²) in [6.45, 7) is 0.328. The number of nitrogens with zero attached hydrogens (tertiary/aromatic N) is 1. The van der Waals surface area contributed by atoms with E-state index in [0.717, 1.165) is 23.8 Å². The lowest BCUT2D eigenvalue weighted by molar-refractivity contribution is 0.0420. The second-order valence-electron chi connectivity index (χ2n) is 7.58. The minimum absolute atomic E-state index is 0.0285. The highest BCUT2D eigenvalue weighted by atomic mass is 35.5. The molecule has 1 fully saturated rings. The van der Waals surface area contributed by atoms with E-state index in [1.807, 2.05) is 0 Å². The van der Waals surface area contributed by atoms with E-state index in [1.165, 1.54) is 12.1 Å². The van der Waals surface area contributed by atoms with Crippen LogP contribution in [-0.2, 0) is 19.5 Å². The Morgan fingerprint density at radius 2 is 1.85 bits per heavy atom. The zero-order chi connectivity index (χ0) is 23.6. The largest absolute Gasteiger partial charge is 0.460 e. The van der Waals surface area contributed by atoms with Gasteiger partial charge in [0.25, 0.3) is 11.8 Å². The van der Waals surface area contributed by atoms with Crippen LogP contribution in [0.4, 0.5) is 0 Å². The van der Waals surface area contributed by atoms with Gasteiger partial charge in [-0.2, -0.15) is 0 Å². The topological polar surface area (TPSA) is 119 Å². The van der Waals surface area contributed by atoms with Gasteiger partial charge in [-0.15, -0.1) is 0 Å². The fourth-order valence-electron chi connectivity index (χ4n) is 3.68. The van der Waals surface area contributed by atoms with Gasteiger partial charge in [0.1, 0.15) is 11.5 Å². The van der Waals surface area contributed by atoms with Gasteiger partial charge >= 0.3 is 5.97 Å². The van der Waals surface area contributed by atoms with Crippen molar-refractivity contribution in [3.63, 3.8) is 0 Å². The van der Waals surface area contributed by atoms with Gasteiger partial charge in [0.2, 0.25) is 10.0 Å². The van der Waals surface area contributed by atoms with Gasteiger partial charge in [0.05, 0.1) is 34.4 Å². The molecule has 0 unspecified atom stereocenters.